The van der Waals surface area contributed by atoms with Gasteiger partial charge in [-0.15, -0.1) is 0 Å². The molecule has 152 valence electrons. The third kappa shape index (κ3) is 4.23. The molecule has 0 radical (unpaired) electrons. The molecule has 0 bridgehead atoms. The van der Waals surface area contributed by atoms with Crippen LogP contribution in [0.25, 0.3) is 0 Å². The monoisotopic (exact) mass is 394 g/mol. The Bertz CT molecular complexity index is 915. The van der Waals surface area contributed by atoms with Crippen molar-refractivity contribution >= 4 is 11.8 Å². The van der Waals surface area contributed by atoms with Crippen LogP contribution in [-0.4, -0.2) is 56.3 Å². The summed E-state index contributed by atoms with van der Waals surface area (Å²) >= 11 is 0. The quantitative estimate of drug-likeness (QED) is 0.865. The molecule has 1 atom stereocenters. The Morgan fingerprint density at radius 2 is 2.07 bits per heavy atom. The number of carbonyl (C=O) groups is 2. The molecule has 1 aromatic heterocycles. The Labute approximate surface area is 170 Å². The largest absolute Gasteiger partial charge is 0.508 e. The molecule has 0 aliphatic carbocycles. The van der Waals surface area contributed by atoms with Crippen molar-refractivity contribution in [3.8, 4) is 5.75 Å². The molecular formula is C22H26N4O3. The van der Waals surface area contributed by atoms with Gasteiger partial charge in [0.2, 0.25) is 5.91 Å². The number of nitrogens with zero attached hydrogens (tertiary/aromatic N) is 4. The summed E-state index contributed by atoms with van der Waals surface area (Å²) in [4.78, 5) is 37.9. The van der Waals surface area contributed by atoms with E-state index in [0.717, 1.165) is 30.7 Å². The van der Waals surface area contributed by atoms with Crippen LogP contribution >= 0.6 is 0 Å². The molecule has 2 saturated heterocycles. The second kappa shape index (κ2) is 7.81. The number of likely N-dealkylation sites (tertiary alicyclic amines) is 2. The second-order valence-electron chi connectivity index (χ2n) is 8.28. The van der Waals surface area contributed by atoms with Crippen molar-refractivity contribution in [1.82, 2.24) is 19.8 Å². The van der Waals surface area contributed by atoms with Crippen LogP contribution in [0, 0.1) is 12.3 Å². The Kier molecular flexibility index (Phi) is 5.22. The van der Waals surface area contributed by atoms with Crippen LogP contribution in [0.5, 0.6) is 5.75 Å². The molecule has 7 heteroatoms. The average Bonchev–Trinajstić information content (AvgIpc) is 2.72. The molecule has 4 rings (SSSR count). The van der Waals surface area contributed by atoms with Gasteiger partial charge in [-0.2, -0.15) is 0 Å². The third-order valence-corrected chi connectivity index (χ3v) is 5.98. The number of amides is 2. The van der Waals surface area contributed by atoms with Gasteiger partial charge in [-0.1, -0.05) is 6.07 Å². The molecule has 0 saturated carbocycles. The van der Waals surface area contributed by atoms with Gasteiger partial charge in [0.25, 0.3) is 5.91 Å². The summed E-state index contributed by atoms with van der Waals surface area (Å²) in [6, 6.07) is 6.49. The summed E-state index contributed by atoms with van der Waals surface area (Å²) in [5, 5.41) is 9.70. The first-order valence-corrected chi connectivity index (χ1v) is 10.1. The molecule has 2 fully saturated rings. The van der Waals surface area contributed by atoms with Crippen LogP contribution in [-0.2, 0) is 11.3 Å². The molecule has 29 heavy (non-hydrogen) atoms. The summed E-state index contributed by atoms with van der Waals surface area (Å²) in [5.74, 6) is 0.165. The minimum atomic E-state index is -0.0865. The average molecular weight is 394 g/mol. The zero-order chi connectivity index (χ0) is 20.4. The Morgan fingerprint density at radius 3 is 2.83 bits per heavy atom. The first kappa shape index (κ1) is 19.4. The molecule has 0 unspecified atom stereocenters. The second-order valence-corrected chi connectivity index (χ2v) is 8.28. The number of hydrogen-bond donors (Lipinski definition) is 1. The number of aromatic hydroxyl groups is 1. The highest BCUT2D eigenvalue weighted by Crippen LogP contribution is 2.39. The first-order chi connectivity index (χ1) is 13.9. The molecule has 2 amide bonds. The maximum atomic E-state index is 13.0. The standard InChI is InChI=1S/C22H26N4O3/c1-16-11-24-18(12-23-16)13-26-15-22(8-6-20(26)28)7-3-9-25(14-22)21(29)17-4-2-5-19(27)10-17/h2,4-5,10-12,27H,3,6-9,13-15H2,1H3/t22-/m0/s1. The van der Waals surface area contributed by atoms with Gasteiger partial charge in [0, 0.05) is 43.2 Å². The van der Waals surface area contributed by atoms with Gasteiger partial charge in [-0.05, 0) is 44.4 Å². The SMILES string of the molecule is Cc1cnc(CN2C[C@@]3(CCCN(C(=O)c4cccc(O)c4)C3)CCC2=O)cn1. The first-order valence-electron chi connectivity index (χ1n) is 10.1. The smallest absolute Gasteiger partial charge is 0.254 e. The van der Waals surface area contributed by atoms with E-state index in [-0.39, 0.29) is 23.0 Å². The highest BCUT2D eigenvalue weighted by atomic mass is 16.3. The van der Waals surface area contributed by atoms with Crippen molar-refractivity contribution in [2.24, 2.45) is 5.41 Å². The van der Waals surface area contributed by atoms with E-state index in [2.05, 4.69) is 9.97 Å². The van der Waals surface area contributed by atoms with Crippen molar-refractivity contribution in [2.45, 2.75) is 39.2 Å². The summed E-state index contributed by atoms with van der Waals surface area (Å²) in [6.07, 6.45) is 6.65. The normalized spacial score (nSPS) is 22.2. The Balaban J connectivity index is 1.48. The lowest BCUT2D eigenvalue weighted by atomic mass is 9.73. The number of carbonyl (C=O) groups excluding carboxylic acids is 2. The molecule has 1 aromatic carbocycles. The topological polar surface area (TPSA) is 86.6 Å². The van der Waals surface area contributed by atoms with Crippen molar-refractivity contribution < 1.29 is 14.7 Å². The highest BCUT2D eigenvalue weighted by Gasteiger charge is 2.42. The minimum absolute atomic E-state index is 0.0622. The van der Waals surface area contributed by atoms with E-state index in [9.17, 15) is 14.7 Å². The van der Waals surface area contributed by atoms with E-state index in [1.165, 1.54) is 6.07 Å². The van der Waals surface area contributed by atoms with Gasteiger partial charge in [0.15, 0.2) is 0 Å². The Hall–Kier alpha value is -2.96. The summed E-state index contributed by atoms with van der Waals surface area (Å²) < 4.78 is 0. The summed E-state index contributed by atoms with van der Waals surface area (Å²) in [7, 11) is 0. The van der Waals surface area contributed by atoms with Crippen molar-refractivity contribution in [3.05, 3.63) is 53.6 Å². The fraction of sp³-hybridized carbons (Fsp3) is 0.455. The predicted molar refractivity (Wildman–Crippen MR) is 107 cm³/mol. The van der Waals surface area contributed by atoms with E-state index >= 15 is 0 Å². The fourth-order valence-corrected chi connectivity index (χ4v) is 4.48. The maximum Gasteiger partial charge on any atom is 0.254 e. The number of rotatable bonds is 3. The van der Waals surface area contributed by atoms with Gasteiger partial charge >= 0.3 is 0 Å². The maximum absolute atomic E-state index is 13.0. The number of aryl methyl sites for hydroxylation is 1. The van der Waals surface area contributed by atoms with Crippen molar-refractivity contribution in [1.29, 1.82) is 0 Å². The molecule has 2 aromatic rings. The fourth-order valence-electron chi connectivity index (χ4n) is 4.48. The van der Waals surface area contributed by atoms with Crippen LogP contribution in [0.15, 0.2) is 36.7 Å². The van der Waals surface area contributed by atoms with E-state index in [1.807, 2.05) is 16.7 Å². The zero-order valence-corrected chi connectivity index (χ0v) is 16.7. The number of benzene rings is 1. The number of phenols is 1. The van der Waals surface area contributed by atoms with Gasteiger partial charge < -0.3 is 14.9 Å². The van der Waals surface area contributed by atoms with Gasteiger partial charge in [0.1, 0.15) is 5.75 Å². The lowest BCUT2D eigenvalue weighted by Crippen LogP contribution is -2.54. The zero-order valence-electron chi connectivity index (χ0n) is 16.7. The third-order valence-electron chi connectivity index (χ3n) is 5.98. The number of piperidine rings is 2. The summed E-state index contributed by atoms with van der Waals surface area (Å²) in [6.45, 7) is 4.30. The van der Waals surface area contributed by atoms with Crippen LogP contribution in [0.3, 0.4) is 0 Å². The number of phenolic OH excluding ortho intramolecular Hbond substituents is 1. The minimum Gasteiger partial charge on any atom is -0.508 e. The summed E-state index contributed by atoms with van der Waals surface area (Å²) in [5.41, 5.74) is 2.05. The van der Waals surface area contributed by atoms with E-state index in [1.54, 1.807) is 30.6 Å². The molecular weight excluding hydrogens is 368 g/mol. The van der Waals surface area contributed by atoms with Crippen LogP contribution in [0.2, 0.25) is 0 Å². The molecule has 1 N–H and O–H groups in total. The highest BCUT2D eigenvalue weighted by molar-refractivity contribution is 5.94. The Morgan fingerprint density at radius 1 is 1.21 bits per heavy atom. The molecule has 2 aliphatic rings. The van der Waals surface area contributed by atoms with E-state index in [0.29, 0.717) is 38.2 Å². The van der Waals surface area contributed by atoms with Gasteiger partial charge in [-0.25, -0.2) is 0 Å². The number of aromatic nitrogens is 2. The lowest BCUT2D eigenvalue weighted by Gasteiger charge is -2.48. The van der Waals surface area contributed by atoms with Crippen molar-refractivity contribution in [2.75, 3.05) is 19.6 Å². The van der Waals surface area contributed by atoms with Crippen molar-refractivity contribution in [3.63, 3.8) is 0 Å². The van der Waals surface area contributed by atoms with E-state index < -0.39 is 0 Å². The molecule has 1 spiro atoms. The molecule has 7 nitrogen and oxygen atoms in total. The predicted octanol–water partition coefficient (Wildman–Crippen LogP) is 2.54. The molecule has 3 heterocycles. The van der Waals surface area contributed by atoms with Crippen LogP contribution in [0.4, 0.5) is 0 Å². The van der Waals surface area contributed by atoms with Crippen LogP contribution in [0.1, 0.15) is 47.4 Å². The van der Waals surface area contributed by atoms with E-state index in [4.69, 9.17) is 0 Å². The van der Waals surface area contributed by atoms with Gasteiger partial charge in [0.05, 0.1) is 24.1 Å². The number of hydrogen-bond acceptors (Lipinski definition) is 5. The van der Waals surface area contributed by atoms with Gasteiger partial charge in [-0.3, -0.25) is 19.6 Å². The molecule has 2 aliphatic heterocycles. The van der Waals surface area contributed by atoms with Crippen LogP contribution < -0.4 is 0 Å². The lowest BCUT2D eigenvalue weighted by molar-refractivity contribution is -0.139.